The average Bonchev–Trinajstić information content (AvgIpc) is 2.87. The van der Waals surface area contributed by atoms with Crippen LogP contribution in [0.15, 0.2) is 43.0 Å². The summed E-state index contributed by atoms with van der Waals surface area (Å²) in [5.41, 5.74) is 3.21. The molecular formula is C15H14FN3O. The number of aliphatic hydroxyl groups excluding tert-OH is 1. The van der Waals surface area contributed by atoms with Gasteiger partial charge in [0.25, 0.3) is 0 Å². The zero-order valence-corrected chi connectivity index (χ0v) is 11.0. The first-order valence-electron chi connectivity index (χ1n) is 6.35. The SMILES string of the molecule is Cc1ccc(F)cc1CC(O)c1cnn2ccncc12. The van der Waals surface area contributed by atoms with Gasteiger partial charge in [0.15, 0.2) is 0 Å². The van der Waals surface area contributed by atoms with Crippen molar-refractivity contribution >= 4 is 5.52 Å². The van der Waals surface area contributed by atoms with Crippen molar-refractivity contribution < 1.29 is 9.50 Å². The second-order valence-electron chi connectivity index (χ2n) is 4.80. The van der Waals surface area contributed by atoms with E-state index in [1.807, 2.05) is 6.92 Å². The van der Waals surface area contributed by atoms with Gasteiger partial charge in [-0.1, -0.05) is 6.07 Å². The molecule has 0 aliphatic heterocycles. The van der Waals surface area contributed by atoms with E-state index >= 15 is 0 Å². The molecule has 0 aliphatic carbocycles. The smallest absolute Gasteiger partial charge is 0.123 e. The van der Waals surface area contributed by atoms with Crippen LogP contribution in [0.25, 0.3) is 5.52 Å². The molecule has 0 saturated heterocycles. The quantitative estimate of drug-likeness (QED) is 0.796. The van der Waals surface area contributed by atoms with Gasteiger partial charge in [-0.15, -0.1) is 0 Å². The molecule has 5 heteroatoms. The summed E-state index contributed by atoms with van der Waals surface area (Å²) in [6.07, 6.45) is 6.24. The lowest BCUT2D eigenvalue weighted by Crippen LogP contribution is -2.03. The molecule has 0 bridgehead atoms. The highest BCUT2D eigenvalue weighted by Gasteiger charge is 2.15. The van der Waals surface area contributed by atoms with Crippen LogP contribution in [-0.2, 0) is 6.42 Å². The van der Waals surface area contributed by atoms with Crippen LogP contribution in [0.3, 0.4) is 0 Å². The average molecular weight is 271 g/mol. The lowest BCUT2D eigenvalue weighted by molar-refractivity contribution is 0.179. The van der Waals surface area contributed by atoms with E-state index in [0.29, 0.717) is 12.0 Å². The van der Waals surface area contributed by atoms with Crippen LogP contribution in [-0.4, -0.2) is 19.7 Å². The summed E-state index contributed by atoms with van der Waals surface area (Å²) in [7, 11) is 0. The summed E-state index contributed by atoms with van der Waals surface area (Å²) in [4.78, 5) is 4.03. The number of benzene rings is 1. The van der Waals surface area contributed by atoms with Crippen molar-refractivity contribution in [3.63, 3.8) is 0 Å². The fraction of sp³-hybridized carbons (Fsp3) is 0.200. The summed E-state index contributed by atoms with van der Waals surface area (Å²) >= 11 is 0. The van der Waals surface area contributed by atoms with E-state index in [1.165, 1.54) is 12.1 Å². The van der Waals surface area contributed by atoms with E-state index < -0.39 is 6.10 Å². The molecule has 0 saturated carbocycles. The minimum atomic E-state index is -0.739. The van der Waals surface area contributed by atoms with Crippen molar-refractivity contribution in [3.8, 4) is 0 Å². The van der Waals surface area contributed by atoms with Gasteiger partial charge in [-0.2, -0.15) is 5.10 Å². The highest BCUT2D eigenvalue weighted by Crippen LogP contribution is 2.24. The molecule has 1 aromatic carbocycles. The molecule has 1 unspecified atom stereocenters. The lowest BCUT2D eigenvalue weighted by atomic mass is 9.99. The Morgan fingerprint density at radius 1 is 1.35 bits per heavy atom. The minimum Gasteiger partial charge on any atom is -0.388 e. The largest absolute Gasteiger partial charge is 0.388 e. The number of halogens is 1. The first-order valence-corrected chi connectivity index (χ1v) is 6.35. The van der Waals surface area contributed by atoms with E-state index in [9.17, 15) is 9.50 Å². The maximum absolute atomic E-state index is 13.3. The molecule has 1 N–H and O–H groups in total. The van der Waals surface area contributed by atoms with Gasteiger partial charge in [0.05, 0.1) is 24.0 Å². The predicted octanol–water partition coefficient (Wildman–Crippen LogP) is 2.45. The molecule has 0 spiro atoms. The normalized spacial score (nSPS) is 12.8. The van der Waals surface area contributed by atoms with E-state index in [1.54, 1.807) is 35.4 Å². The van der Waals surface area contributed by atoms with Crippen molar-refractivity contribution in [2.45, 2.75) is 19.4 Å². The Kier molecular flexibility index (Phi) is 3.20. The Labute approximate surface area is 115 Å². The summed E-state index contributed by atoms with van der Waals surface area (Å²) < 4.78 is 14.9. The van der Waals surface area contributed by atoms with Crippen molar-refractivity contribution in [1.29, 1.82) is 0 Å². The van der Waals surface area contributed by atoms with Gasteiger partial charge in [0.2, 0.25) is 0 Å². The third-order valence-electron chi connectivity index (χ3n) is 3.44. The number of hydrogen-bond acceptors (Lipinski definition) is 3. The van der Waals surface area contributed by atoms with Gasteiger partial charge < -0.3 is 5.11 Å². The lowest BCUT2D eigenvalue weighted by Gasteiger charge is -2.11. The summed E-state index contributed by atoms with van der Waals surface area (Å²) in [6, 6.07) is 4.60. The third kappa shape index (κ3) is 2.28. The van der Waals surface area contributed by atoms with Gasteiger partial charge in [-0.05, 0) is 30.2 Å². The zero-order chi connectivity index (χ0) is 14.1. The molecule has 3 rings (SSSR count). The van der Waals surface area contributed by atoms with Gasteiger partial charge in [0, 0.05) is 24.4 Å². The topological polar surface area (TPSA) is 50.4 Å². The first kappa shape index (κ1) is 12.7. The maximum Gasteiger partial charge on any atom is 0.123 e. The van der Waals surface area contributed by atoms with Crippen LogP contribution in [0, 0.1) is 12.7 Å². The van der Waals surface area contributed by atoms with Crippen molar-refractivity contribution in [1.82, 2.24) is 14.6 Å². The van der Waals surface area contributed by atoms with E-state index in [0.717, 1.165) is 16.6 Å². The molecule has 0 radical (unpaired) electrons. The molecule has 1 atom stereocenters. The summed E-state index contributed by atoms with van der Waals surface area (Å²) in [5, 5.41) is 14.5. The van der Waals surface area contributed by atoms with Crippen LogP contribution in [0.2, 0.25) is 0 Å². The zero-order valence-electron chi connectivity index (χ0n) is 11.0. The molecular weight excluding hydrogens is 257 g/mol. The number of aromatic nitrogens is 3. The molecule has 102 valence electrons. The number of aliphatic hydroxyl groups is 1. The summed E-state index contributed by atoms with van der Waals surface area (Å²) in [5.74, 6) is -0.292. The van der Waals surface area contributed by atoms with Gasteiger partial charge >= 0.3 is 0 Å². The minimum absolute atomic E-state index is 0.292. The summed E-state index contributed by atoms with van der Waals surface area (Å²) in [6.45, 7) is 1.90. The van der Waals surface area contributed by atoms with Crippen molar-refractivity contribution in [2.75, 3.05) is 0 Å². The van der Waals surface area contributed by atoms with Crippen molar-refractivity contribution in [3.05, 3.63) is 65.5 Å². The molecule has 0 amide bonds. The van der Waals surface area contributed by atoms with E-state index in [4.69, 9.17) is 0 Å². The fourth-order valence-electron chi connectivity index (χ4n) is 2.29. The number of rotatable bonds is 3. The Morgan fingerprint density at radius 2 is 2.20 bits per heavy atom. The maximum atomic E-state index is 13.3. The Hall–Kier alpha value is -2.27. The number of hydrogen-bond donors (Lipinski definition) is 1. The van der Waals surface area contributed by atoms with Crippen LogP contribution < -0.4 is 0 Å². The van der Waals surface area contributed by atoms with Gasteiger partial charge in [-0.3, -0.25) is 4.98 Å². The first-order chi connectivity index (χ1) is 9.65. The van der Waals surface area contributed by atoms with Crippen LogP contribution in [0.4, 0.5) is 4.39 Å². The molecule has 4 nitrogen and oxygen atoms in total. The molecule has 0 aliphatic rings. The van der Waals surface area contributed by atoms with E-state index in [-0.39, 0.29) is 5.82 Å². The Bertz CT molecular complexity index is 754. The molecule has 2 aromatic heterocycles. The van der Waals surface area contributed by atoms with Crippen LogP contribution in [0.1, 0.15) is 22.8 Å². The van der Waals surface area contributed by atoms with Gasteiger partial charge in [0.1, 0.15) is 5.82 Å². The number of aryl methyl sites for hydroxylation is 1. The second-order valence-corrected chi connectivity index (χ2v) is 4.80. The fourth-order valence-corrected chi connectivity index (χ4v) is 2.29. The predicted molar refractivity (Wildman–Crippen MR) is 72.8 cm³/mol. The highest BCUT2D eigenvalue weighted by atomic mass is 19.1. The highest BCUT2D eigenvalue weighted by molar-refractivity contribution is 5.53. The van der Waals surface area contributed by atoms with Crippen LogP contribution in [0.5, 0.6) is 0 Å². The molecule has 3 aromatic rings. The third-order valence-corrected chi connectivity index (χ3v) is 3.44. The van der Waals surface area contributed by atoms with Crippen molar-refractivity contribution in [2.24, 2.45) is 0 Å². The molecule has 20 heavy (non-hydrogen) atoms. The standard InChI is InChI=1S/C15H14FN3O/c1-10-2-3-12(16)6-11(10)7-15(20)13-8-18-19-5-4-17-9-14(13)19/h2-6,8-9,15,20H,7H2,1H3. The van der Waals surface area contributed by atoms with Crippen LogP contribution >= 0.6 is 0 Å². The number of fused-ring (bicyclic) bond motifs is 1. The molecule has 2 heterocycles. The number of nitrogens with zero attached hydrogens (tertiary/aromatic N) is 3. The Balaban J connectivity index is 1.93. The second kappa shape index (κ2) is 5.02. The molecule has 0 fully saturated rings. The van der Waals surface area contributed by atoms with E-state index in [2.05, 4.69) is 10.1 Å². The van der Waals surface area contributed by atoms with Gasteiger partial charge in [-0.25, -0.2) is 8.91 Å². The monoisotopic (exact) mass is 271 g/mol. The Morgan fingerprint density at radius 3 is 3.05 bits per heavy atom.